The van der Waals surface area contributed by atoms with Gasteiger partial charge in [-0.3, -0.25) is 4.68 Å². The molecule has 3 aromatic rings. The lowest BCUT2D eigenvalue weighted by atomic mass is 10.2. The van der Waals surface area contributed by atoms with Gasteiger partial charge in [0.05, 0.1) is 17.6 Å². The van der Waals surface area contributed by atoms with Crippen molar-refractivity contribution in [3.05, 3.63) is 41.4 Å². The maximum Gasteiger partial charge on any atom is 0.227 e. The minimum absolute atomic E-state index is 0.374. The smallest absolute Gasteiger partial charge is 0.227 e. The highest BCUT2D eigenvalue weighted by Crippen LogP contribution is 2.21. The average molecular weight is 331 g/mol. The van der Waals surface area contributed by atoms with Crippen LogP contribution in [-0.4, -0.2) is 32.5 Å². The van der Waals surface area contributed by atoms with Gasteiger partial charge in [0.2, 0.25) is 11.7 Å². The van der Waals surface area contributed by atoms with E-state index in [1.54, 1.807) is 11.3 Å². The van der Waals surface area contributed by atoms with Crippen LogP contribution in [0.15, 0.2) is 34.4 Å². The van der Waals surface area contributed by atoms with Crippen LogP contribution >= 0.6 is 11.3 Å². The first kappa shape index (κ1) is 15.9. The fourth-order valence-electron chi connectivity index (χ4n) is 2.36. The Labute approximate surface area is 139 Å². The summed E-state index contributed by atoms with van der Waals surface area (Å²) >= 11 is 1.62. The Kier molecular flexibility index (Phi) is 5.19. The van der Waals surface area contributed by atoms with E-state index in [9.17, 15) is 0 Å². The molecule has 0 spiro atoms. The number of rotatable bonds is 8. The Morgan fingerprint density at radius 3 is 3.09 bits per heavy atom. The van der Waals surface area contributed by atoms with E-state index in [0.717, 1.165) is 30.8 Å². The van der Waals surface area contributed by atoms with Gasteiger partial charge in [0.1, 0.15) is 0 Å². The molecule has 0 unspecified atom stereocenters. The minimum Gasteiger partial charge on any atom is -0.339 e. The van der Waals surface area contributed by atoms with E-state index in [1.165, 1.54) is 5.56 Å². The number of nitrogens with zero attached hydrogens (tertiary/aromatic N) is 4. The molecule has 3 heterocycles. The van der Waals surface area contributed by atoms with Gasteiger partial charge in [0.15, 0.2) is 0 Å². The summed E-state index contributed by atoms with van der Waals surface area (Å²) in [5, 5.41) is 13.8. The van der Waals surface area contributed by atoms with Crippen LogP contribution in [0.4, 0.5) is 0 Å². The predicted octanol–water partition coefficient (Wildman–Crippen LogP) is 2.91. The van der Waals surface area contributed by atoms with Crippen molar-refractivity contribution in [1.29, 1.82) is 0 Å². The van der Waals surface area contributed by atoms with Crippen LogP contribution in [0.25, 0.3) is 10.7 Å². The molecule has 3 rings (SSSR count). The summed E-state index contributed by atoms with van der Waals surface area (Å²) in [5.41, 5.74) is 1.19. The molecule has 0 fully saturated rings. The first-order chi connectivity index (χ1) is 11.2. The number of hydrogen-bond acceptors (Lipinski definition) is 6. The molecule has 0 saturated heterocycles. The van der Waals surface area contributed by atoms with Gasteiger partial charge in [-0.1, -0.05) is 11.2 Å². The highest BCUT2D eigenvalue weighted by atomic mass is 32.1. The third-order valence-corrected chi connectivity index (χ3v) is 4.36. The van der Waals surface area contributed by atoms with E-state index in [2.05, 4.69) is 40.6 Å². The zero-order valence-electron chi connectivity index (χ0n) is 13.4. The van der Waals surface area contributed by atoms with Crippen molar-refractivity contribution in [2.24, 2.45) is 0 Å². The summed E-state index contributed by atoms with van der Waals surface area (Å²) in [6.45, 7) is 6.00. The molecular weight excluding hydrogens is 310 g/mol. The van der Waals surface area contributed by atoms with Crippen LogP contribution < -0.4 is 5.32 Å². The molecule has 0 radical (unpaired) electrons. The molecule has 0 amide bonds. The predicted molar refractivity (Wildman–Crippen MR) is 90.4 cm³/mol. The van der Waals surface area contributed by atoms with Crippen LogP contribution in [0.1, 0.15) is 24.8 Å². The van der Waals surface area contributed by atoms with Crippen LogP contribution in [0.3, 0.4) is 0 Å². The van der Waals surface area contributed by atoms with E-state index in [1.807, 2.05) is 28.4 Å². The molecule has 0 bridgehead atoms. The fraction of sp³-hybridized carbons (Fsp3) is 0.438. The molecule has 0 aromatic carbocycles. The molecule has 7 heteroatoms. The number of hydrogen-bond donors (Lipinski definition) is 1. The highest BCUT2D eigenvalue weighted by Gasteiger charge is 2.09. The number of aryl methyl sites for hydroxylation is 2. The molecule has 3 aromatic heterocycles. The Hall–Kier alpha value is -1.99. The van der Waals surface area contributed by atoms with E-state index >= 15 is 0 Å². The largest absolute Gasteiger partial charge is 0.339 e. The highest BCUT2D eigenvalue weighted by molar-refractivity contribution is 7.13. The summed E-state index contributed by atoms with van der Waals surface area (Å²) in [6, 6.07) is 4.36. The lowest BCUT2D eigenvalue weighted by molar-refractivity contribution is 0.371. The van der Waals surface area contributed by atoms with Crippen molar-refractivity contribution < 1.29 is 4.52 Å². The zero-order valence-corrected chi connectivity index (χ0v) is 14.2. The van der Waals surface area contributed by atoms with Gasteiger partial charge in [-0.25, -0.2) is 0 Å². The van der Waals surface area contributed by atoms with Gasteiger partial charge in [0, 0.05) is 18.7 Å². The Balaban J connectivity index is 1.38. The van der Waals surface area contributed by atoms with E-state index < -0.39 is 0 Å². The first-order valence-corrected chi connectivity index (χ1v) is 8.67. The van der Waals surface area contributed by atoms with Crippen molar-refractivity contribution in [2.45, 2.75) is 39.3 Å². The van der Waals surface area contributed by atoms with Crippen LogP contribution in [0.5, 0.6) is 0 Å². The maximum atomic E-state index is 5.30. The SMILES string of the molecule is Cc1cnn(C[C@@H](C)NCCCc2nc(-c3cccs3)no2)c1. The third kappa shape index (κ3) is 4.49. The lowest BCUT2D eigenvalue weighted by Gasteiger charge is -2.13. The summed E-state index contributed by atoms with van der Waals surface area (Å²) < 4.78 is 7.27. The summed E-state index contributed by atoms with van der Waals surface area (Å²) in [5.74, 6) is 1.39. The Bertz CT molecular complexity index is 719. The monoisotopic (exact) mass is 331 g/mol. The minimum atomic E-state index is 0.374. The van der Waals surface area contributed by atoms with Gasteiger partial charge in [-0.05, 0) is 43.8 Å². The Morgan fingerprint density at radius 1 is 1.43 bits per heavy atom. The molecule has 23 heavy (non-hydrogen) atoms. The average Bonchev–Trinajstić information content (AvgIpc) is 3.25. The van der Waals surface area contributed by atoms with Gasteiger partial charge in [0.25, 0.3) is 0 Å². The summed E-state index contributed by atoms with van der Waals surface area (Å²) in [6.07, 6.45) is 5.70. The van der Waals surface area contributed by atoms with Crippen molar-refractivity contribution in [3.63, 3.8) is 0 Å². The number of nitrogens with one attached hydrogen (secondary N) is 1. The van der Waals surface area contributed by atoms with Crippen molar-refractivity contribution in [1.82, 2.24) is 25.2 Å². The van der Waals surface area contributed by atoms with Crippen molar-refractivity contribution >= 4 is 11.3 Å². The quantitative estimate of drug-likeness (QED) is 0.643. The van der Waals surface area contributed by atoms with E-state index in [0.29, 0.717) is 17.8 Å². The molecule has 1 N–H and O–H groups in total. The van der Waals surface area contributed by atoms with Gasteiger partial charge >= 0.3 is 0 Å². The van der Waals surface area contributed by atoms with Crippen LogP contribution in [-0.2, 0) is 13.0 Å². The van der Waals surface area contributed by atoms with Gasteiger partial charge in [-0.15, -0.1) is 11.3 Å². The molecule has 0 saturated carbocycles. The molecule has 6 nitrogen and oxygen atoms in total. The first-order valence-electron chi connectivity index (χ1n) is 7.79. The second kappa shape index (κ2) is 7.52. The molecule has 0 aliphatic rings. The van der Waals surface area contributed by atoms with Gasteiger partial charge in [-0.2, -0.15) is 10.1 Å². The zero-order chi connectivity index (χ0) is 16.1. The van der Waals surface area contributed by atoms with E-state index in [-0.39, 0.29) is 0 Å². The van der Waals surface area contributed by atoms with Crippen LogP contribution in [0, 0.1) is 6.92 Å². The molecule has 0 aliphatic heterocycles. The molecule has 122 valence electrons. The topological polar surface area (TPSA) is 68.8 Å². The lowest BCUT2D eigenvalue weighted by Crippen LogP contribution is -2.31. The second-order valence-corrected chi connectivity index (χ2v) is 6.64. The summed E-state index contributed by atoms with van der Waals surface area (Å²) in [7, 11) is 0. The summed E-state index contributed by atoms with van der Waals surface area (Å²) in [4.78, 5) is 5.47. The number of thiophene rings is 1. The molecule has 0 aliphatic carbocycles. The number of aromatic nitrogens is 4. The van der Waals surface area contributed by atoms with Crippen molar-refractivity contribution in [2.75, 3.05) is 6.54 Å². The second-order valence-electron chi connectivity index (χ2n) is 5.69. The maximum absolute atomic E-state index is 5.30. The molecular formula is C16H21N5OS. The van der Waals surface area contributed by atoms with Gasteiger partial charge < -0.3 is 9.84 Å². The van der Waals surface area contributed by atoms with Crippen LogP contribution in [0.2, 0.25) is 0 Å². The Morgan fingerprint density at radius 2 is 2.35 bits per heavy atom. The van der Waals surface area contributed by atoms with Crippen molar-refractivity contribution in [3.8, 4) is 10.7 Å². The van der Waals surface area contributed by atoms with E-state index in [4.69, 9.17) is 4.52 Å². The third-order valence-electron chi connectivity index (χ3n) is 3.49. The molecule has 1 atom stereocenters. The standard InChI is InChI=1S/C16H21N5OS/c1-12-9-18-21(10-12)11-13(2)17-7-3-6-15-19-16(20-22-15)14-5-4-8-23-14/h4-5,8-10,13,17H,3,6-7,11H2,1-2H3/t13-/m1/s1. The fourth-order valence-corrected chi connectivity index (χ4v) is 3.01. The normalized spacial score (nSPS) is 12.6.